The normalized spacial score (nSPS) is 9.86. The molecule has 0 aliphatic heterocycles. The van der Waals surface area contributed by atoms with E-state index >= 15 is 0 Å². The van der Waals surface area contributed by atoms with Gasteiger partial charge < -0.3 is 9.15 Å². The Morgan fingerprint density at radius 3 is 2.68 bits per heavy atom. The Balaban J connectivity index is 0.00000176. The van der Waals surface area contributed by atoms with Crippen molar-refractivity contribution in [3.8, 4) is 17.0 Å². The Labute approximate surface area is 137 Å². The molecule has 0 saturated carbocycles. The van der Waals surface area contributed by atoms with Crippen molar-refractivity contribution in [1.29, 1.82) is 0 Å². The molecule has 5 nitrogen and oxygen atoms in total. The summed E-state index contributed by atoms with van der Waals surface area (Å²) in [6, 6.07) is 10.9. The Bertz CT molecular complexity index is 739. The van der Waals surface area contributed by atoms with Crippen molar-refractivity contribution in [2.24, 2.45) is 0 Å². The number of carbonyl (C=O) groups is 1. The van der Waals surface area contributed by atoms with Gasteiger partial charge in [0.1, 0.15) is 5.75 Å². The SMILES string of the molecule is COc1ccc(-c2csc(NC(=O)c3ccco3)n2)cc1.Cl. The number of furan rings is 1. The number of benzene rings is 1. The molecule has 0 unspecified atom stereocenters. The van der Waals surface area contributed by atoms with Gasteiger partial charge in [-0.25, -0.2) is 4.98 Å². The van der Waals surface area contributed by atoms with Crippen LogP contribution < -0.4 is 10.1 Å². The molecule has 2 aromatic heterocycles. The summed E-state index contributed by atoms with van der Waals surface area (Å²) in [4.78, 5) is 16.2. The average Bonchev–Trinajstić information content (AvgIpc) is 3.19. The first-order valence-corrected chi connectivity index (χ1v) is 7.09. The third-order valence-corrected chi connectivity index (χ3v) is 3.61. The van der Waals surface area contributed by atoms with Crippen molar-refractivity contribution < 1.29 is 13.9 Å². The molecule has 22 heavy (non-hydrogen) atoms. The summed E-state index contributed by atoms with van der Waals surface area (Å²) in [5, 5.41) is 5.13. The first kappa shape index (κ1) is 16.1. The number of rotatable bonds is 4. The molecule has 2 heterocycles. The molecule has 1 N–H and O–H groups in total. The van der Waals surface area contributed by atoms with Gasteiger partial charge in [0.15, 0.2) is 10.9 Å². The van der Waals surface area contributed by atoms with Gasteiger partial charge in [0.2, 0.25) is 0 Å². The second-order valence-electron chi connectivity index (χ2n) is 4.20. The van der Waals surface area contributed by atoms with Gasteiger partial charge in [0.25, 0.3) is 5.91 Å². The van der Waals surface area contributed by atoms with E-state index in [9.17, 15) is 4.79 Å². The number of methoxy groups -OCH3 is 1. The van der Waals surface area contributed by atoms with E-state index in [1.807, 2.05) is 29.6 Å². The van der Waals surface area contributed by atoms with E-state index in [1.54, 1.807) is 19.2 Å². The van der Waals surface area contributed by atoms with Gasteiger partial charge in [-0.3, -0.25) is 10.1 Å². The molecule has 3 aromatic rings. The molecule has 0 spiro atoms. The van der Waals surface area contributed by atoms with Gasteiger partial charge in [-0.05, 0) is 36.4 Å². The van der Waals surface area contributed by atoms with Gasteiger partial charge in [0.05, 0.1) is 19.1 Å². The first-order chi connectivity index (χ1) is 10.3. The minimum atomic E-state index is -0.310. The van der Waals surface area contributed by atoms with E-state index in [0.29, 0.717) is 5.13 Å². The lowest BCUT2D eigenvalue weighted by molar-refractivity contribution is 0.0996. The third kappa shape index (κ3) is 3.47. The summed E-state index contributed by atoms with van der Waals surface area (Å²) in [5.41, 5.74) is 1.77. The highest BCUT2D eigenvalue weighted by atomic mass is 35.5. The summed E-state index contributed by atoms with van der Waals surface area (Å²) in [7, 11) is 1.63. The standard InChI is InChI=1S/C15H12N2O3S.ClH/c1-19-11-6-4-10(5-7-11)12-9-21-15(16-12)17-14(18)13-3-2-8-20-13;/h2-9H,1H3,(H,16,17,18);1H. The zero-order valence-corrected chi connectivity index (χ0v) is 13.2. The molecule has 0 saturated heterocycles. The van der Waals surface area contributed by atoms with Crippen molar-refractivity contribution >= 4 is 34.8 Å². The van der Waals surface area contributed by atoms with E-state index in [1.165, 1.54) is 17.6 Å². The van der Waals surface area contributed by atoms with Crippen molar-refractivity contribution in [2.75, 3.05) is 12.4 Å². The van der Waals surface area contributed by atoms with E-state index in [4.69, 9.17) is 9.15 Å². The lowest BCUT2D eigenvalue weighted by Gasteiger charge is -2.00. The van der Waals surface area contributed by atoms with E-state index in [0.717, 1.165) is 17.0 Å². The number of thiazole rings is 1. The van der Waals surface area contributed by atoms with Crippen LogP contribution in [0.5, 0.6) is 5.75 Å². The molecule has 0 atom stereocenters. The topological polar surface area (TPSA) is 64.4 Å². The molecule has 114 valence electrons. The molecule has 3 rings (SSSR count). The summed E-state index contributed by atoms with van der Waals surface area (Å²) >= 11 is 1.36. The van der Waals surface area contributed by atoms with E-state index in [2.05, 4.69) is 10.3 Å². The molecule has 7 heteroatoms. The van der Waals surface area contributed by atoms with Crippen molar-refractivity contribution in [1.82, 2.24) is 4.98 Å². The highest BCUT2D eigenvalue weighted by Crippen LogP contribution is 2.26. The van der Waals surface area contributed by atoms with Gasteiger partial charge in [-0.15, -0.1) is 23.7 Å². The minimum absolute atomic E-state index is 0. The van der Waals surface area contributed by atoms with E-state index in [-0.39, 0.29) is 24.1 Å². The third-order valence-electron chi connectivity index (χ3n) is 2.86. The maximum atomic E-state index is 11.8. The fraction of sp³-hybridized carbons (Fsp3) is 0.0667. The summed E-state index contributed by atoms with van der Waals surface area (Å²) in [5.74, 6) is 0.743. The number of anilines is 1. The Hall–Kier alpha value is -2.31. The monoisotopic (exact) mass is 336 g/mol. The Morgan fingerprint density at radius 1 is 1.27 bits per heavy atom. The van der Waals surface area contributed by atoms with Gasteiger partial charge in [0, 0.05) is 10.9 Å². The fourth-order valence-electron chi connectivity index (χ4n) is 1.79. The van der Waals surface area contributed by atoms with Crippen molar-refractivity contribution in [3.05, 3.63) is 53.8 Å². The summed E-state index contributed by atoms with van der Waals surface area (Å²) in [6.45, 7) is 0. The van der Waals surface area contributed by atoms with Crippen molar-refractivity contribution in [2.45, 2.75) is 0 Å². The number of nitrogens with zero attached hydrogens (tertiary/aromatic N) is 1. The minimum Gasteiger partial charge on any atom is -0.497 e. The van der Waals surface area contributed by atoms with Crippen LogP contribution in [-0.4, -0.2) is 18.0 Å². The van der Waals surface area contributed by atoms with Crippen LogP contribution in [0.25, 0.3) is 11.3 Å². The fourth-order valence-corrected chi connectivity index (χ4v) is 2.51. The molecule has 0 fully saturated rings. The predicted molar refractivity (Wildman–Crippen MR) is 88.0 cm³/mol. The van der Waals surface area contributed by atoms with Crippen LogP contribution in [-0.2, 0) is 0 Å². The number of amides is 1. The molecule has 1 aromatic carbocycles. The highest BCUT2D eigenvalue weighted by molar-refractivity contribution is 7.14. The van der Waals surface area contributed by atoms with Crippen LogP contribution in [0, 0.1) is 0 Å². The van der Waals surface area contributed by atoms with Crippen LogP contribution in [0.4, 0.5) is 5.13 Å². The smallest absolute Gasteiger partial charge is 0.293 e. The van der Waals surface area contributed by atoms with Gasteiger partial charge in [-0.2, -0.15) is 0 Å². The molecule has 1 amide bonds. The number of halogens is 1. The number of carbonyl (C=O) groups excluding carboxylic acids is 1. The molecular formula is C15H13ClN2O3S. The Morgan fingerprint density at radius 2 is 2.05 bits per heavy atom. The predicted octanol–water partition coefficient (Wildman–Crippen LogP) is 4.09. The average molecular weight is 337 g/mol. The number of nitrogens with one attached hydrogen (secondary N) is 1. The number of ether oxygens (including phenoxy) is 1. The van der Waals surface area contributed by atoms with Crippen LogP contribution >= 0.6 is 23.7 Å². The van der Waals surface area contributed by atoms with Crippen LogP contribution in [0.1, 0.15) is 10.6 Å². The summed E-state index contributed by atoms with van der Waals surface area (Å²) < 4.78 is 10.2. The van der Waals surface area contributed by atoms with Crippen molar-refractivity contribution in [3.63, 3.8) is 0 Å². The number of hydrogen-bond donors (Lipinski definition) is 1. The van der Waals surface area contributed by atoms with Gasteiger partial charge >= 0.3 is 0 Å². The second kappa shape index (κ2) is 7.11. The second-order valence-corrected chi connectivity index (χ2v) is 5.06. The maximum absolute atomic E-state index is 11.8. The zero-order valence-electron chi connectivity index (χ0n) is 11.6. The molecule has 0 radical (unpaired) electrons. The Kier molecular flexibility index (Phi) is 5.19. The van der Waals surface area contributed by atoms with Crippen LogP contribution in [0.2, 0.25) is 0 Å². The summed E-state index contributed by atoms with van der Waals surface area (Å²) in [6.07, 6.45) is 1.46. The quantitative estimate of drug-likeness (QED) is 0.779. The van der Waals surface area contributed by atoms with Gasteiger partial charge in [-0.1, -0.05) is 0 Å². The lowest BCUT2D eigenvalue weighted by atomic mass is 10.2. The zero-order chi connectivity index (χ0) is 14.7. The maximum Gasteiger partial charge on any atom is 0.293 e. The van der Waals surface area contributed by atoms with E-state index < -0.39 is 0 Å². The molecule has 0 aliphatic rings. The van der Waals surface area contributed by atoms with Crippen LogP contribution in [0.3, 0.4) is 0 Å². The number of hydrogen-bond acceptors (Lipinski definition) is 5. The lowest BCUT2D eigenvalue weighted by Crippen LogP contribution is -2.10. The molecule has 0 aliphatic carbocycles. The largest absolute Gasteiger partial charge is 0.497 e. The highest BCUT2D eigenvalue weighted by Gasteiger charge is 2.11. The van der Waals surface area contributed by atoms with Crippen LogP contribution in [0.15, 0.2) is 52.5 Å². The first-order valence-electron chi connectivity index (χ1n) is 6.21. The molecular weight excluding hydrogens is 324 g/mol. The number of aromatic nitrogens is 1. The molecule has 0 bridgehead atoms.